The van der Waals surface area contributed by atoms with Crippen molar-refractivity contribution in [2.45, 2.75) is 45.1 Å². The Hall–Kier alpha value is -2.42. The first-order chi connectivity index (χ1) is 12.5. The van der Waals surface area contributed by atoms with Crippen molar-refractivity contribution >= 4 is 17.7 Å². The highest BCUT2D eigenvalue weighted by Gasteiger charge is 2.77. The van der Waals surface area contributed by atoms with Crippen LogP contribution in [0.5, 0.6) is 0 Å². The van der Waals surface area contributed by atoms with Crippen LogP contribution in [-0.2, 0) is 20.5 Å². The van der Waals surface area contributed by atoms with E-state index in [4.69, 9.17) is 4.74 Å². The number of carbonyl (C=O) groups is 3. The van der Waals surface area contributed by atoms with Gasteiger partial charge < -0.3 is 4.74 Å². The summed E-state index contributed by atoms with van der Waals surface area (Å²) in [4.78, 5) is 38.2. The van der Waals surface area contributed by atoms with Crippen molar-refractivity contribution in [2.24, 2.45) is 10.8 Å². The summed E-state index contributed by atoms with van der Waals surface area (Å²) in [5.74, 6) is -1.93. The van der Waals surface area contributed by atoms with E-state index >= 15 is 0 Å². The summed E-state index contributed by atoms with van der Waals surface area (Å²) < 4.78 is 43.7. The lowest BCUT2D eigenvalue weighted by Gasteiger charge is -2.36. The molecule has 3 amide bonds. The van der Waals surface area contributed by atoms with E-state index in [1.165, 1.54) is 0 Å². The first kappa shape index (κ1) is 18.0. The third-order valence-corrected chi connectivity index (χ3v) is 6.37. The fraction of sp³-hybridized carbons (Fsp3) is 0.500. The van der Waals surface area contributed by atoms with Crippen LogP contribution in [0.3, 0.4) is 0 Å². The molecule has 3 aliphatic heterocycles. The number of imide groups is 1. The Morgan fingerprint density at radius 1 is 1.07 bits per heavy atom. The molecule has 2 bridgehead atoms. The molecule has 0 aliphatic carbocycles. The number of benzene rings is 1. The van der Waals surface area contributed by atoms with Gasteiger partial charge in [0.1, 0.15) is 0 Å². The Labute approximate surface area is 152 Å². The summed E-state index contributed by atoms with van der Waals surface area (Å²) in [7, 11) is 0. The third-order valence-electron chi connectivity index (χ3n) is 6.37. The monoisotopic (exact) mass is 382 g/mol. The Bertz CT molecular complexity index is 819. The number of amides is 3. The number of hydrogen-bond donors (Lipinski definition) is 1. The lowest BCUT2D eigenvalue weighted by atomic mass is 9.59. The van der Waals surface area contributed by atoms with Crippen molar-refractivity contribution in [3.63, 3.8) is 0 Å². The molecule has 1 N–H and O–H groups in total. The Morgan fingerprint density at radius 2 is 1.56 bits per heavy atom. The van der Waals surface area contributed by atoms with Crippen LogP contribution in [0.15, 0.2) is 24.3 Å². The van der Waals surface area contributed by atoms with E-state index in [2.05, 4.69) is 5.43 Å². The highest BCUT2D eigenvalue weighted by molar-refractivity contribution is 6.12. The molecule has 0 unspecified atom stereocenters. The molecule has 6 nitrogen and oxygen atoms in total. The van der Waals surface area contributed by atoms with E-state index in [0.717, 1.165) is 24.3 Å². The highest BCUT2D eigenvalue weighted by atomic mass is 19.4. The van der Waals surface area contributed by atoms with Crippen LogP contribution in [0.1, 0.15) is 42.6 Å². The van der Waals surface area contributed by atoms with Crippen molar-refractivity contribution in [1.82, 2.24) is 10.4 Å². The fourth-order valence-electron chi connectivity index (χ4n) is 4.51. The van der Waals surface area contributed by atoms with Gasteiger partial charge in [-0.3, -0.25) is 19.8 Å². The first-order valence-corrected chi connectivity index (χ1v) is 8.54. The average molecular weight is 382 g/mol. The number of alkyl halides is 3. The standard InChI is InChI=1S/C18H17F3N2O4/c1-16-11-7-8-12(27-11)17(16,2)15(26)23(14(16)25)22-13(24)9-3-5-10(6-4-9)18(19,20)21/h3-6,11-12H,7-8H2,1-2H3,(H,22,24)/t11-,12+,16+,17-. The lowest BCUT2D eigenvalue weighted by molar-refractivity contribution is -0.148. The SMILES string of the molecule is C[C@@]12C(=O)N(NC(=O)c3ccc(C(F)(F)F)cc3)C(=O)[C@]1(C)[C@H]1CC[C@@H]2O1. The molecule has 144 valence electrons. The predicted octanol–water partition coefficient (Wildman–Crippen LogP) is 2.29. The van der Waals surface area contributed by atoms with Crippen LogP contribution in [0, 0.1) is 10.8 Å². The molecule has 0 radical (unpaired) electrons. The largest absolute Gasteiger partial charge is 0.416 e. The van der Waals surface area contributed by atoms with Gasteiger partial charge in [-0.25, -0.2) is 0 Å². The van der Waals surface area contributed by atoms with Gasteiger partial charge in [-0.1, -0.05) is 0 Å². The van der Waals surface area contributed by atoms with Crippen LogP contribution >= 0.6 is 0 Å². The normalized spacial score (nSPS) is 34.9. The minimum atomic E-state index is -4.52. The van der Waals surface area contributed by atoms with Crippen molar-refractivity contribution in [1.29, 1.82) is 0 Å². The molecule has 9 heteroatoms. The number of nitrogens with one attached hydrogen (secondary N) is 1. The summed E-state index contributed by atoms with van der Waals surface area (Å²) in [6.45, 7) is 3.34. The zero-order valence-corrected chi connectivity index (χ0v) is 14.6. The predicted molar refractivity (Wildman–Crippen MR) is 84.9 cm³/mol. The number of rotatable bonds is 2. The fourth-order valence-corrected chi connectivity index (χ4v) is 4.51. The van der Waals surface area contributed by atoms with Gasteiger partial charge in [0, 0.05) is 5.56 Å². The number of ether oxygens (including phenoxy) is 1. The molecular weight excluding hydrogens is 365 g/mol. The molecule has 1 aromatic rings. The minimum absolute atomic E-state index is 0.0878. The topological polar surface area (TPSA) is 75.7 Å². The maximum atomic E-state index is 12.9. The number of fused-ring (bicyclic) bond motifs is 5. The quantitative estimate of drug-likeness (QED) is 0.797. The summed E-state index contributed by atoms with van der Waals surface area (Å²) in [6.07, 6.45) is -3.98. The van der Waals surface area contributed by atoms with Gasteiger partial charge in [0.25, 0.3) is 17.7 Å². The van der Waals surface area contributed by atoms with Gasteiger partial charge in [-0.05, 0) is 51.0 Å². The molecular formula is C18H17F3N2O4. The zero-order valence-electron chi connectivity index (χ0n) is 14.6. The molecule has 3 saturated heterocycles. The maximum Gasteiger partial charge on any atom is 0.416 e. The van der Waals surface area contributed by atoms with Gasteiger partial charge in [0.05, 0.1) is 28.6 Å². The van der Waals surface area contributed by atoms with Crippen molar-refractivity contribution in [2.75, 3.05) is 0 Å². The molecule has 0 saturated carbocycles. The number of hydrogen-bond acceptors (Lipinski definition) is 4. The molecule has 4 atom stereocenters. The minimum Gasteiger partial charge on any atom is -0.373 e. The molecule has 0 spiro atoms. The van der Waals surface area contributed by atoms with E-state index in [1.54, 1.807) is 13.8 Å². The summed E-state index contributed by atoms with van der Waals surface area (Å²) >= 11 is 0. The second kappa shape index (κ2) is 5.31. The van der Waals surface area contributed by atoms with E-state index in [-0.39, 0.29) is 5.56 Å². The summed E-state index contributed by atoms with van der Waals surface area (Å²) in [6, 6.07) is 3.54. The lowest BCUT2D eigenvalue weighted by Crippen LogP contribution is -2.49. The van der Waals surface area contributed by atoms with Gasteiger partial charge in [-0.15, -0.1) is 0 Å². The van der Waals surface area contributed by atoms with E-state index in [1.807, 2.05) is 0 Å². The van der Waals surface area contributed by atoms with Gasteiger partial charge >= 0.3 is 6.18 Å². The van der Waals surface area contributed by atoms with Gasteiger partial charge in [0.15, 0.2) is 0 Å². The molecule has 4 rings (SSSR count). The first-order valence-electron chi connectivity index (χ1n) is 8.54. The Balaban J connectivity index is 1.58. The van der Waals surface area contributed by atoms with Crippen molar-refractivity contribution in [3.05, 3.63) is 35.4 Å². The summed E-state index contributed by atoms with van der Waals surface area (Å²) in [5, 5.41) is 0.702. The molecule has 3 aliphatic rings. The van der Waals surface area contributed by atoms with Crippen LogP contribution in [0.2, 0.25) is 0 Å². The Morgan fingerprint density at radius 3 is 2.00 bits per heavy atom. The molecule has 27 heavy (non-hydrogen) atoms. The van der Waals surface area contributed by atoms with Crippen LogP contribution in [-0.4, -0.2) is 34.9 Å². The van der Waals surface area contributed by atoms with Crippen LogP contribution in [0.25, 0.3) is 0 Å². The second-order valence-electron chi connectivity index (χ2n) is 7.56. The molecule has 3 fully saturated rings. The number of hydrazine groups is 1. The van der Waals surface area contributed by atoms with E-state index < -0.39 is 52.5 Å². The van der Waals surface area contributed by atoms with E-state index in [0.29, 0.717) is 17.9 Å². The van der Waals surface area contributed by atoms with Gasteiger partial charge in [0.2, 0.25) is 0 Å². The number of carbonyl (C=O) groups excluding carboxylic acids is 3. The number of nitrogens with zero attached hydrogens (tertiary/aromatic N) is 1. The molecule has 0 aromatic heterocycles. The Kier molecular flexibility index (Phi) is 3.53. The maximum absolute atomic E-state index is 12.9. The average Bonchev–Trinajstić information content (AvgIpc) is 3.23. The molecule has 3 heterocycles. The zero-order chi connectivity index (χ0) is 19.8. The van der Waals surface area contributed by atoms with Crippen LogP contribution < -0.4 is 5.43 Å². The second-order valence-corrected chi connectivity index (χ2v) is 7.56. The van der Waals surface area contributed by atoms with Crippen molar-refractivity contribution < 1.29 is 32.3 Å². The van der Waals surface area contributed by atoms with E-state index in [9.17, 15) is 27.6 Å². The number of halogens is 3. The molecule has 1 aromatic carbocycles. The van der Waals surface area contributed by atoms with Crippen LogP contribution in [0.4, 0.5) is 13.2 Å². The van der Waals surface area contributed by atoms with Crippen molar-refractivity contribution in [3.8, 4) is 0 Å². The van der Waals surface area contributed by atoms with Gasteiger partial charge in [-0.2, -0.15) is 18.2 Å². The summed E-state index contributed by atoms with van der Waals surface area (Å²) in [5.41, 5.74) is -0.859. The smallest absolute Gasteiger partial charge is 0.373 e. The highest BCUT2D eigenvalue weighted by Crippen LogP contribution is 2.63. The third kappa shape index (κ3) is 2.14.